The third kappa shape index (κ3) is 3.91. The minimum atomic E-state index is 0.252. The van der Waals surface area contributed by atoms with Gasteiger partial charge in [-0.05, 0) is 60.2 Å². The highest BCUT2D eigenvalue weighted by Gasteiger charge is 2.25. The van der Waals surface area contributed by atoms with Gasteiger partial charge >= 0.3 is 0 Å². The fourth-order valence-electron chi connectivity index (χ4n) is 4.40. The van der Waals surface area contributed by atoms with Crippen LogP contribution in [-0.4, -0.2) is 37.1 Å². The molecule has 0 radical (unpaired) electrons. The number of hydrazone groups is 1. The number of benzene rings is 4. The van der Waals surface area contributed by atoms with Crippen LogP contribution >= 0.6 is 0 Å². The van der Waals surface area contributed by atoms with E-state index in [-0.39, 0.29) is 6.10 Å². The zero-order chi connectivity index (χ0) is 22.9. The predicted molar refractivity (Wildman–Crippen MR) is 138 cm³/mol. The Bertz CT molecular complexity index is 1470. The van der Waals surface area contributed by atoms with Crippen molar-refractivity contribution in [1.82, 2.24) is 4.57 Å². The highest BCUT2D eigenvalue weighted by Crippen LogP contribution is 2.33. The first kappa shape index (κ1) is 20.5. The molecule has 4 aromatic carbocycles. The van der Waals surface area contributed by atoms with Crippen molar-refractivity contribution in [2.24, 2.45) is 5.10 Å². The lowest BCUT2D eigenvalue weighted by Gasteiger charge is -2.17. The highest BCUT2D eigenvalue weighted by molar-refractivity contribution is 6.10. The Hall–Kier alpha value is -4.09. The van der Waals surface area contributed by atoms with E-state index < -0.39 is 0 Å². The quantitative estimate of drug-likeness (QED) is 0.174. The maximum absolute atomic E-state index is 5.45. The molecule has 5 heteroatoms. The third-order valence-corrected chi connectivity index (χ3v) is 6.21. The van der Waals surface area contributed by atoms with Gasteiger partial charge in [-0.15, -0.1) is 0 Å². The van der Waals surface area contributed by atoms with Crippen LogP contribution < -0.4 is 9.75 Å². The van der Waals surface area contributed by atoms with Crippen LogP contribution in [0.15, 0.2) is 102 Å². The van der Waals surface area contributed by atoms with Gasteiger partial charge in [0.25, 0.3) is 0 Å². The summed E-state index contributed by atoms with van der Waals surface area (Å²) in [6.45, 7) is 1.55. The van der Waals surface area contributed by atoms with Gasteiger partial charge in [0.1, 0.15) is 11.9 Å². The molecule has 168 valence electrons. The minimum absolute atomic E-state index is 0.252. The van der Waals surface area contributed by atoms with E-state index in [1.54, 1.807) is 7.11 Å². The second kappa shape index (κ2) is 8.69. The van der Waals surface area contributed by atoms with Crippen LogP contribution in [-0.2, 0) is 4.74 Å². The van der Waals surface area contributed by atoms with Gasteiger partial charge in [0, 0.05) is 16.5 Å². The highest BCUT2D eigenvalue weighted by atomic mass is 16.6. The number of para-hydroxylation sites is 2. The summed E-state index contributed by atoms with van der Waals surface area (Å²) in [5.41, 5.74) is 5.56. The Kier molecular flexibility index (Phi) is 5.24. The van der Waals surface area contributed by atoms with Crippen LogP contribution in [0.3, 0.4) is 0 Å². The average Bonchev–Trinajstić information content (AvgIpc) is 3.67. The molecule has 0 aliphatic carbocycles. The normalized spacial score (nSPS) is 15.3. The predicted octanol–water partition coefficient (Wildman–Crippen LogP) is 6.03. The number of anilines is 1. The van der Waals surface area contributed by atoms with Crippen LogP contribution in [0.5, 0.6) is 5.75 Å². The van der Waals surface area contributed by atoms with Crippen LogP contribution in [0.1, 0.15) is 5.56 Å². The van der Waals surface area contributed by atoms with Crippen molar-refractivity contribution in [2.45, 2.75) is 6.10 Å². The van der Waals surface area contributed by atoms with Crippen molar-refractivity contribution in [3.63, 3.8) is 0 Å². The molecule has 1 unspecified atom stereocenters. The molecule has 0 spiro atoms. The summed E-state index contributed by atoms with van der Waals surface area (Å²) in [7, 11) is 1.69. The van der Waals surface area contributed by atoms with Gasteiger partial charge in [0.05, 0.1) is 43.2 Å². The molecule has 1 atom stereocenters. The summed E-state index contributed by atoms with van der Waals surface area (Å²) in [5, 5.41) is 9.26. The molecule has 34 heavy (non-hydrogen) atoms. The van der Waals surface area contributed by atoms with E-state index in [9.17, 15) is 0 Å². The Morgan fingerprint density at radius 1 is 0.912 bits per heavy atom. The zero-order valence-corrected chi connectivity index (χ0v) is 19.0. The molecule has 0 saturated carbocycles. The Morgan fingerprint density at radius 2 is 1.65 bits per heavy atom. The largest absolute Gasteiger partial charge is 0.497 e. The van der Waals surface area contributed by atoms with Crippen LogP contribution in [0, 0.1) is 0 Å². The lowest BCUT2D eigenvalue weighted by Crippen LogP contribution is -2.22. The molecule has 1 fully saturated rings. The van der Waals surface area contributed by atoms with Crippen molar-refractivity contribution in [1.29, 1.82) is 0 Å². The molecule has 1 aliphatic heterocycles. The van der Waals surface area contributed by atoms with Gasteiger partial charge in [-0.2, -0.15) is 5.10 Å². The average molecular weight is 448 g/mol. The first-order valence-corrected chi connectivity index (χ1v) is 11.5. The van der Waals surface area contributed by atoms with Gasteiger partial charge in [-0.25, -0.2) is 0 Å². The van der Waals surface area contributed by atoms with E-state index in [2.05, 4.69) is 71.3 Å². The second-order valence-electron chi connectivity index (χ2n) is 8.44. The Labute approximate surface area is 198 Å². The molecule has 1 aliphatic rings. The van der Waals surface area contributed by atoms with Crippen molar-refractivity contribution in [3.05, 3.63) is 103 Å². The first-order valence-electron chi connectivity index (χ1n) is 11.5. The summed E-state index contributed by atoms with van der Waals surface area (Å²) in [6.07, 6.45) is 2.19. The molecule has 6 rings (SSSR count). The zero-order valence-electron chi connectivity index (χ0n) is 19.0. The minimum Gasteiger partial charge on any atom is -0.497 e. The molecule has 0 bridgehead atoms. The van der Waals surface area contributed by atoms with E-state index in [1.165, 1.54) is 16.3 Å². The molecule has 1 saturated heterocycles. The lowest BCUT2D eigenvalue weighted by atomic mass is 10.1. The first-order chi connectivity index (χ1) is 16.8. The van der Waals surface area contributed by atoms with Crippen LogP contribution in [0.25, 0.3) is 27.5 Å². The van der Waals surface area contributed by atoms with E-state index >= 15 is 0 Å². The smallest absolute Gasteiger partial charge is 0.119 e. The van der Waals surface area contributed by atoms with E-state index in [1.807, 2.05) is 41.6 Å². The molecule has 0 N–H and O–H groups in total. The SMILES string of the molecule is COc1ccc(-n2c3ccccc3c3cc(C=NN(CC4CO4)c4ccccc4)ccc32)cc1. The number of epoxide rings is 1. The number of hydrogen-bond donors (Lipinski definition) is 0. The van der Waals surface area contributed by atoms with Gasteiger partial charge < -0.3 is 14.0 Å². The molecule has 2 heterocycles. The molecular formula is C29H25N3O2. The van der Waals surface area contributed by atoms with Gasteiger partial charge in [0.15, 0.2) is 0 Å². The summed E-state index contributed by atoms with van der Waals surface area (Å²) >= 11 is 0. The van der Waals surface area contributed by atoms with Crippen LogP contribution in [0.4, 0.5) is 5.69 Å². The molecule has 5 nitrogen and oxygen atoms in total. The van der Waals surface area contributed by atoms with E-state index in [0.717, 1.165) is 41.4 Å². The van der Waals surface area contributed by atoms with Crippen LogP contribution in [0.2, 0.25) is 0 Å². The van der Waals surface area contributed by atoms with Crippen molar-refractivity contribution >= 4 is 33.7 Å². The monoisotopic (exact) mass is 447 g/mol. The lowest BCUT2D eigenvalue weighted by molar-refractivity contribution is 0.408. The molecular weight excluding hydrogens is 422 g/mol. The second-order valence-corrected chi connectivity index (χ2v) is 8.44. The fraction of sp³-hybridized carbons (Fsp3) is 0.138. The van der Waals surface area contributed by atoms with Gasteiger partial charge in [-0.3, -0.25) is 5.01 Å². The van der Waals surface area contributed by atoms with Gasteiger partial charge in [-0.1, -0.05) is 42.5 Å². The maximum Gasteiger partial charge on any atom is 0.119 e. The summed E-state index contributed by atoms with van der Waals surface area (Å²) in [5.74, 6) is 0.850. The topological polar surface area (TPSA) is 42.3 Å². The standard InChI is InChI=1S/C29H25N3O2/c1-33-24-14-12-23(13-15-24)32-28-10-6-5-9-26(28)27-17-21(11-16-29(27)32)18-30-31(19-25-20-34-25)22-7-3-2-4-8-22/h2-18,25H,19-20H2,1H3. The number of rotatable bonds is 7. The summed E-state index contributed by atoms with van der Waals surface area (Å²) in [6, 6.07) is 33.5. The maximum atomic E-state index is 5.45. The van der Waals surface area contributed by atoms with E-state index in [4.69, 9.17) is 14.6 Å². The fourth-order valence-corrected chi connectivity index (χ4v) is 4.40. The van der Waals surface area contributed by atoms with Crippen molar-refractivity contribution < 1.29 is 9.47 Å². The number of methoxy groups -OCH3 is 1. The number of aromatic nitrogens is 1. The van der Waals surface area contributed by atoms with Crippen molar-refractivity contribution in [2.75, 3.05) is 25.3 Å². The van der Waals surface area contributed by atoms with Gasteiger partial charge in [0.2, 0.25) is 0 Å². The number of nitrogens with zero attached hydrogens (tertiary/aromatic N) is 3. The molecule has 0 amide bonds. The Balaban J connectivity index is 1.41. The summed E-state index contributed by atoms with van der Waals surface area (Å²) < 4.78 is 13.1. The summed E-state index contributed by atoms with van der Waals surface area (Å²) in [4.78, 5) is 0. The molecule has 1 aromatic heterocycles. The number of ether oxygens (including phenoxy) is 2. The number of fused-ring (bicyclic) bond motifs is 3. The Morgan fingerprint density at radius 3 is 2.41 bits per heavy atom. The van der Waals surface area contributed by atoms with Crippen molar-refractivity contribution in [3.8, 4) is 11.4 Å². The van der Waals surface area contributed by atoms with E-state index in [0.29, 0.717) is 0 Å². The number of hydrogen-bond acceptors (Lipinski definition) is 4. The molecule has 5 aromatic rings. The third-order valence-electron chi connectivity index (χ3n) is 6.21.